The van der Waals surface area contributed by atoms with Gasteiger partial charge in [0.1, 0.15) is 0 Å². The summed E-state index contributed by atoms with van der Waals surface area (Å²) in [5.41, 5.74) is 3.75. The molecule has 4 nitrogen and oxygen atoms in total. The van der Waals surface area contributed by atoms with E-state index in [2.05, 4.69) is 17.5 Å². The lowest BCUT2D eigenvalue weighted by Crippen LogP contribution is -2.19. The molecule has 1 aliphatic carbocycles. The number of amides is 1. The maximum atomic E-state index is 10.9. The third kappa shape index (κ3) is 3.13. The van der Waals surface area contributed by atoms with E-state index in [0.717, 1.165) is 30.8 Å². The first kappa shape index (κ1) is 14.4. The highest BCUT2D eigenvalue weighted by Gasteiger charge is 2.17. The second-order valence-electron chi connectivity index (χ2n) is 4.88. The SMILES string of the molecule is COc1cc2c(cc1OC)C(=CCNC(C)=O)CCC2. The van der Waals surface area contributed by atoms with Crippen molar-refractivity contribution >= 4 is 11.5 Å². The first-order valence-corrected chi connectivity index (χ1v) is 6.84. The monoisotopic (exact) mass is 275 g/mol. The Morgan fingerprint density at radius 2 is 1.95 bits per heavy atom. The van der Waals surface area contributed by atoms with Gasteiger partial charge in [-0.25, -0.2) is 0 Å². The molecule has 0 atom stereocenters. The second-order valence-corrected chi connectivity index (χ2v) is 4.88. The molecule has 0 heterocycles. The van der Waals surface area contributed by atoms with Crippen LogP contribution < -0.4 is 14.8 Å². The van der Waals surface area contributed by atoms with Crippen LogP contribution in [0.25, 0.3) is 5.57 Å². The highest BCUT2D eigenvalue weighted by Crippen LogP contribution is 2.38. The molecule has 0 aromatic heterocycles. The summed E-state index contributed by atoms with van der Waals surface area (Å²) in [5, 5.41) is 2.80. The van der Waals surface area contributed by atoms with Crippen molar-refractivity contribution in [2.75, 3.05) is 20.8 Å². The van der Waals surface area contributed by atoms with Crippen LogP contribution in [0.4, 0.5) is 0 Å². The van der Waals surface area contributed by atoms with Gasteiger partial charge in [0.2, 0.25) is 5.91 Å². The largest absolute Gasteiger partial charge is 0.493 e. The number of hydrogen-bond donors (Lipinski definition) is 1. The fourth-order valence-corrected chi connectivity index (χ4v) is 2.56. The minimum Gasteiger partial charge on any atom is -0.493 e. The van der Waals surface area contributed by atoms with E-state index in [-0.39, 0.29) is 5.91 Å². The van der Waals surface area contributed by atoms with Gasteiger partial charge in [0.05, 0.1) is 14.2 Å². The van der Waals surface area contributed by atoms with Crippen molar-refractivity contribution in [3.63, 3.8) is 0 Å². The minimum atomic E-state index is -0.00908. The topological polar surface area (TPSA) is 47.6 Å². The zero-order valence-corrected chi connectivity index (χ0v) is 12.3. The maximum Gasteiger partial charge on any atom is 0.217 e. The summed E-state index contributed by atoms with van der Waals surface area (Å²) >= 11 is 0. The molecular formula is C16H21NO3. The number of carbonyl (C=O) groups is 1. The van der Waals surface area contributed by atoms with Gasteiger partial charge in [0, 0.05) is 13.5 Å². The van der Waals surface area contributed by atoms with E-state index < -0.39 is 0 Å². The predicted octanol–water partition coefficient (Wildman–Crippen LogP) is 2.56. The van der Waals surface area contributed by atoms with E-state index in [4.69, 9.17) is 9.47 Å². The number of carbonyl (C=O) groups excluding carboxylic acids is 1. The van der Waals surface area contributed by atoms with Crippen molar-refractivity contribution in [2.24, 2.45) is 0 Å². The Balaban J connectivity index is 2.32. The Hall–Kier alpha value is -1.97. The molecule has 0 unspecified atom stereocenters. The molecule has 20 heavy (non-hydrogen) atoms. The fraction of sp³-hybridized carbons (Fsp3) is 0.438. The van der Waals surface area contributed by atoms with Gasteiger partial charge in [-0.05, 0) is 48.1 Å². The van der Waals surface area contributed by atoms with Crippen LogP contribution in [0.5, 0.6) is 11.5 Å². The molecule has 1 amide bonds. The Morgan fingerprint density at radius 3 is 2.60 bits per heavy atom. The summed E-state index contributed by atoms with van der Waals surface area (Å²) in [6.45, 7) is 2.10. The van der Waals surface area contributed by atoms with Crippen LogP contribution in [0.15, 0.2) is 18.2 Å². The minimum absolute atomic E-state index is 0.00908. The van der Waals surface area contributed by atoms with Crippen molar-refractivity contribution in [3.05, 3.63) is 29.3 Å². The highest BCUT2D eigenvalue weighted by atomic mass is 16.5. The summed E-state index contributed by atoms with van der Waals surface area (Å²) in [6, 6.07) is 4.09. The van der Waals surface area contributed by atoms with Crippen molar-refractivity contribution in [2.45, 2.75) is 26.2 Å². The van der Waals surface area contributed by atoms with Crippen LogP contribution in [-0.2, 0) is 11.2 Å². The van der Waals surface area contributed by atoms with Crippen molar-refractivity contribution in [1.29, 1.82) is 0 Å². The van der Waals surface area contributed by atoms with Crippen molar-refractivity contribution in [3.8, 4) is 11.5 Å². The van der Waals surface area contributed by atoms with Gasteiger partial charge in [0.25, 0.3) is 0 Å². The van der Waals surface area contributed by atoms with E-state index in [9.17, 15) is 4.79 Å². The van der Waals surface area contributed by atoms with Gasteiger partial charge >= 0.3 is 0 Å². The van der Waals surface area contributed by atoms with Crippen LogP contribution in [-0.4, -0.2) is 26.7 Å². The number of fused-ring (bicyclic) bond motifs is 1. The summed E-state index contributed by atoms with van der Waals surface area (Å²) in [5.74, 6) is 1.51. The van der Waals surface area contributed by atoms with Gasteiger partial charge in [-0.1, -0.05) is 6.08 Å². The lowest BCUT2D eigenvalue weighted by molar-refractivity contribution is -0.118. The number of allylic oxidation sites excluding steroid dienone is 1. The molecular weight excluding hydrogens is 254 g/mol. The Labute approximate surface area is 119 Å². The Bertz CT molecular complexity index is 535. The zero-order valence-electron chi connectivity index (χ0n) is 12.3. The summed E-state index contributed by atoms with van der Waals surface area (Å²) in [4.78, 5) is 10.9. The Morgan fingerprint density at radius 1 is 1.25 bits per heavy atom. The van der Waals surface area contributed by atoms with Gasteiger partial charge < -0.3 is 14.8 Å². The maximum absolute atomic E-state index is 10.9. The van der Waals surface area contributed by atoms with E-state index in [1.165, 1.54) is 23.6 Å². The van der Waals surface area contributed by atoms with Crippen LogP contribution in [0.3, 0.4) is 0 Å². The number of methoxy groups -OCH3 is 2. The van der Waals surface area contributed by atoms with E-state index >= 15 is 0 Å². The summed E-state index contributed by atoms with van der Waals surface area (Å²) in [7, 11) is 3.30. The molecule has 0 saturated heterocycles. The second kappa shape index (κ2) is 6.46. The van der Waals surface area contributed by atoms with Crippen molar-refractivity contribution < 1.29 is 14.3 Å². The van der Waals surface area contributed by atoms with Gasteiger partial charge in [-0.2, -0.15) is 0 Å². The van der Waals surface area contributed by atoms with Gasteiger partial charge in [-0.3, -0.25) is 4.79 Å². The van der Waals surface area contributed by atoms with E-state index in [1.807, 2.05) is 6.07 Å². The molecule has 0 saturated carbocycles. The van der Waals surface area contributed by atoms with E-state index in [0.29, 0.717) is 6.54 Å². The molecule has 0 spiro atoms. The fourth-order valence-electron chi connectivity index (χ4n) is 2.56. The first-order chi connectivity index (χ1) is 9.65. The zero-order chi connectivity index (χ0) is 14.5. The summed E-state index contributed by atoms with van der Waals surface area (Å²) in [6.07, 6.45) is 5.29. The van der Waals surface area contributed by atoms with Crippen molar-refractivity contribution in [1.82, 2.24) is 5.32 Å². The lowest BCUT2D eigenvalue weighted by atomic mass is 9.86. The quantitative estimate of drug-likeness (QED) is 0.918. The number of ether oxygens (including phenoxy) is 2. The number of benzene rings is 1. The van der Waals surface area contributed by atoms with Crippen LogP contribution >= 0.6 is 0 Å². The normalized spacial score (nSPS) is 15.7. The molecule has 0 radical (unpaired) electrons. The van der Waals surface area contributed by atoms with Gasteiger partial charge in [-0.15, -0.1) is 0 Å². The molecule has 108 valence electrons. The molecule has 1 aliphatic rings. The molecule has 4 heteroatoms. The molecule has 1 aromatic carbocycles. The third-order valence-electron chi connectivity index (χ3n) is 3.55. The Kier molecular flexibility index (Phi) is 4.66. The molecule has 0 aliphatic heterocycles. The average Bonchev–Trinajstić information content (AvgIpc) is 2.45. The van der Waals surface area contributed by atoms with Gasteiger partial charge in [0.15, 0.2) is 11.5 Å². The van der Waals surface area contributed by atoms with Crippen LogP contribution in [0, 0.1) is 0 Å². The number of aryl methyl sites for hydroxylation is 1. The predicted molar refractivity (Wildman–Crippen MR) is 79.1 cm³/mol. The van der Waals surface area contributed by atoms with Crippen LogP contribution in [0.2, 0.25) is 0 Å². The molecule has 1 N–H and O–H groups in total. The molecule has 1 aromatic rings. The molecule has 0 bridgehead atoms. The lowest BCUT2D eigenvalue weighted by Gasteiger charge is -2.21. The summed E-state index contributed by atoms with van der Waals surface area (Å²) < 4.78 is 10.7. The van der Waals surface area contributed by atoms with Crippen LogP contribution in [0.1, 0.15) is 30.9 Å². The standard InChI is InChI=1S/C16H21NO3/c1-11(18)17-8-7-12-5-4-6-13-9-15(19-2)16(20-3)10-14(12)13/h7,9-10H,4-6,8H2,1-3H3,(H,17,18). The highest BCUT2D eigenvalue weighted by molar-refractivity contribution is 5.75. The molecule has 0 fully saturated rings. The van der Waals surface area contributed by atoms with E-state index in [1.54, 1.807) is 14.2 Å². The number of hydrogen-bond acceptors (Lipinski definition) is 3. The number of rotatable bonds is 4. The average molecular weight is 275 g/mol. The first-order valence-electron chi connectivity index (χ1n) is 6.84. The smallest absolute Gasteiger partial charge is 0.217 e. The third-order valence-corrected chi connectivity index (χ3v) is 3.55. The number of nitrogens with one attached hydrogen (secondary N) is 1. The molecule has 2 rings (SSSR count).